The Balaban J connectivity index is 3.29. The van der Waals surface area contributed by atoms with Gasteiger partial charge in [0.05, 0.1) is 12.7 Å². The van der Waals surface area contributed by atoms with Gasteiger partial charge in [-0.2, -0.15) is 0 Å². The summed E-state index contributed by atoms with van der Waals surface area (Å²) < 4.78 is 0. The third kappa shape index (κ3) is 2.28. The molecule has 2 atom stereocenters. The van der Waals surface area contributed by atoms with Crippen LogP contribution < -0.4 is 0 Å². The predicted molar refractivity (Wildman–Crippen MR) is 32.2 cm³/mol. The summed E-state index contributed by atoms with van der Waals surface area (Å²) in [4.78, 5) is 0. The quantitative estimate of drug-likeness (QED) is 0.554. The summed E-state index contributed by atoms with van der Waals surface area (Å²) in [7, 11) is 0. The molecule has 0 spiro atoms. The van der Waals surface area contributed by atoms with Gasteiger partial charge in [0, 0.05) is 0 Å². The Morgan fingerprint density at radius 1 is 1.62 bits per heavy atom. The molecule has 0 saturated heterocycles. The highest BCUT2D eigenvalue weighted by molar-refractivity contribution is 4.62. The zero-order valence-electron chi connectivity index (χ0n) is 5.17. The van der Waals surface area contributed by atoms with Crippen molar-refractivity contribution in [2.45, 2.75) is 19.4 Å². The van der Waals surface area contributed by atoms with Crippen LogP contribution in [0.25, 0.3) is 0 Å². The van der Waals surface area contributed by atoms with Crippen molar-refractivity contribution in [3.05, 3.63) is 6.92 Å². The minimum absolute atomic E-state index is 0.111. The minimum atomic E-state index is -0.590. The molecular weight excluding hydrogens is 104 g/mol. The molecule has 2 nitrogen and oxygen atoms in total. The van der Waals surface area contributed by atoms with Crippen LogP contribution in [0.1, 0.15) is 13.3 Å². The molecule has 2 N–H and O–H groups in total. The third-order valence-electron chi connectivity index (χ3n) is 1.30. The van der Waals surface area contributed by atoms with Gasteiger partial charge in [-0.3, -0.25) is 0 Å². The average molecular weight is 117 g/mol. The lowest BCUT2D eigenvalue weighted by molar-refractivity contribution is 0.0542. The van der Waals surface area contributed by atoms with Gasteiger partial charge in [-0.25, -0.2) is 0 Å². The first-order chi connectivity index (χ1) is 3.72. The number of hydrogen-bond donors (Lipinski definition) is 2. The van der Waals surface area contributed by atoms with Crippen LogP contribution in [0, 0.1) is 12.8 Å². The molecule has 0 aliphatic heterocycles. The summed E-state index contributed by atoms with van der Waals surface area (Å²) in [6.45, 7) is 5.28. The Morgan fingerprint density at radius 2 is 2.12 bits per heavy atom. The minimum Gasteiger partial charge on any atom is -0.394 e. The maximum atomic E-state index is 8.84. The lowest BCUT2D eigenvalue weighted by Crippen LogP contribution is -2.20. The van der Waals surface area contributed by atoms with Crippen LogP contribution in [-0.4, -0.2) is 22.9 Å². The molecule has 0 aromatic carbocycles. The van der Waals surface area contributed by atoms with Crippen molar-refractivity contribution in [1.29, 1.82) is 0 Å². The van der Waals surface area contributed by atoms with Crippen LogP contribution in [0.5, 0.6) is 0 Å². The monoisotopic (exact) mass is 117 g/mol. The van der Waals surface area contributed by atoms with Gasteiger partial charge in [0.2, 0.25) is 0 Å². The summed E-state index contributed by atoms with van der Waals surface area (Å²) in [5, 5.41) is 17.2. The highest BCUT2D eigenvalue weighted by Crippen LogP contribution is 2.04. The van der Waals surface area contributed by atoms with Gasteiger partial charge in [-0.15, -0.1) is 0 Å². The Kier molecular flexibility index (Phi) is 3.83. The lowest BCUT2D eigenvalue weighted by Gasteiger charge is -2.12. The van der Waals surface area contributed by atoms with Crippen molar-refractivity contribution in [2.24, 2.45) is 5.92 Å². The Morgan fingerprint density at radius 3 is 2.25 bits per heavy atom. The zero-order chi connectivity index (χ0) is 6.57. The SMILES string of the molecule is [CH2]CC(C)C(O)CO. The molecule has 8 heavy (non-hydrogen) atoms. The first-order valence-corrected chi connectivity index (χ1v) is 2.80. The molecule has 0 rings (SSSR count). The molecule has 0 heterocycles. The summed E-state index contributed by atoms with van der Waals surface area (Å²) >= 11 is 0. The lowest BCUT2D eigenvalue weighted by atomic mass is 10.0. The summed E-state index contributed by atoms with van der Waals surface area (Å²) in [5.74, 6) is 0.111. The highest BCUT2D eigenvalue weighted by atomic mass is 16.3. The largest absolute Gasteiger partial charge is 0.394 e. The highest BCUT2D eigenvalue weighted by Gasteiger charge is 2.08. The van der Waals surface area contributed by atoms with Crippen LogP contribution >= 0.6 is 0 Å². The van der Waals surface area contributed by atoms with E-state index in [1.807, 2.05) is 6.92 Å². The molecule has 0 aromatic rings. The Labute approximate surface area is 50.2 Å². The molecular formula is C6H13O2. The van der Waals surface area contributed by atoms with E-state index in [0.29, 0.717) is 6.42 Å². The summed E-state index contributed by atoms with van der Waals surface area (Å²) in [6.07, 6.45) is 0.0781. The topological polar surface area (TPSA) is 40.5 Å². The smallest absolute Gasteiger partial charge is 0.0796 e. The van der Waals surface area contributed by atoms with Crippen LogP contribution in [0.3, 0.4) is 0 Å². The first-order valence-electron chi connectivity index (χ1n) is 2.80. The van der Waals surface area contributed by atoms with Gasteiger partial charge in [0.15, 0.2) is 0 Å². The van der Waals surface area contributed by atoms with Crippen LogP contribution in [0.15, 0.2) is 0 Å². The van der Waals surface area contributed by atoms with Crippen LogP contribution in [0.4, 0.5) is 0 Å². The van der Waals surface area contributed by atoms with E-state index in [1.54, 1.807) is 0 Å². The van der Waals surface area contributed by atoms with E-state index in [-0.39, 0.29) is 12.5 Å². The van der Waals surface area contributed by atoms with Gasteiger partial charge >= 0.3 is 0 Å². The van der Waals surface area contributed by atoms with Crippen LogP contribution in [-0.2, 0) is 0 Å². The van der Waals surface area contributed by atoms with Crippen molar-refractivity contribution in [2.75, 3.05) is 6.61 Å². The van der Waals surface area contributed by atoms with E-state index < -0.39 is 6.10 Å². The Bertz CT molecular complexity index is 46.5. The molecule has 2 unspecified atom stereocenters. The fourth-order valence-electron chi connectivity index (χ4n) is 0.372. The predicted octanol–water partition coefficient (Wildman–Crippen LogP) is 0.200. The average Bonchev–Trinajstić information content (AvgIpc) is 1.84. The van der Waals surface area contributed by atoms with Gasteiger partial charge in [-0.1, -0.05) is 13.8 Å². The summed E-state index contributed by atoms with van der Waals surface area (Å²) in [6, 6.07) is 0. The number of aliphatic hydroxyl groups is 2. The third-order valence-corrected chi connectivity index (χ3v) is 1.30. The number of hydrogen-bond acceptors (Lipinski definition) is 2. The van der Waals surface area contributed by atoms with Gasteiger partial charge in [0.25, 0.3) is 0 Å². The van der Waals surface area contributed by atoms with Crippen molar-refractivity contribution in [3.63, 3.8) is 0 Å². The van der Waals surface area contributed by atoms with Gasteiger partial charge in [0.1, 0.15) is 0 Å². The maximum absolute atomic E-state index is 8.84. The molecule has 0 fully saturated rings. The van der Waals surface area contributed by atoms with E-state index in [4.69, 9.17) is 10.2 Å². The number of rotatable bonds is 3. The fraction of sp³-hybridized carbons (Fsp3) is 0.833. The van der Waals surface area contributed by atoms with E-state index >= 15 is 0 Å². The second-order valence-corrected chi connectivity index (χ2v) is 2.02. The zero-order valence-corrected chi connectivity index (χ0v) is 5.17. The molecule has 0 bridgehead atoms. The van der Waals surface area contributed by atoms with E-state index in [1.165, 1.54) is 0 Å². The van der Waals surface area contributed by atoms with Crippen molar-refractivity contribution >= 4 is 0 Å². The van der Waals surface area contributed by atoms with Gasteiger partial charge < -0.3 is 10.2 Å². The fourth-order valence-corrected chi connectivity index (χ4v) is 0.372. The Hall–Kier alpha value is -0.0800. The van der Waals surface area contributed by atoms with Crippen molar-refractivity contribution < 1.29 is 10.2 Å². The van der Waals surface area contributed by atoms with Crippen LogP contribution in [0.2, 0.25) is 0 Å². The first kappa shape index (κ1) is 7.92. The molecule has 1 radical (unpaired) electrons. The van der Waals surface area contributed by atoms with Crippen molar-refractivity contribution in [1.82, 2.24) is 0 Å². The molecule has 0 amide bonds. The molecule has 49 valence electrons. The second kappa shape index (κ2) is 3.87. The van der Waals surface area contributed by atoms with Crippen molar-refractivity contribution in [3.8, 4) is 0 Å². The normalized spacial score (nSPS) is 18.0. The molecule has 2 heteroatoms. The molecule has 0 saturated carbocycles. The number of aliphatic hydroxyl groups excluding tert-OH is 2. The maximum Gasteiger partial charge on any atom is 0.0796 e. The van der Waals surface area contributed by atoms with Gasteiger partial charge in [-0.05, 0) is 12.3 Å². The molecule has 0 aromatic heterocycles. The standard InChI is InChI=1S/C6H13O2/c1-3-5(2)6(8)4-7/h5-8H,1,3-4H2,2H3. The molecule has 0 aliphatic carbocycles. The summed E-state index contributed by atoms with van der Waals surface area (Å²) in [5.41, 5.74) is 0. The van der Waals surface area contributed by atoms with E-state index in [9.17, 15) is 0 Å². The van der Waals surface area contributed by atoms with E-state index in [2.05, 4.69) is 6.92 Å². The van der Waals surface area contributed by atoms with E-state index in [0.717, 1.165) is 0 Å². The second-order valence-electron chi connectivity index (χ2n) is 2.02. The molecule has 0 aliphatic rings.